The van der Waals surface area contributed by atoms with E-state index in [1.807, 2.05) is 0 Å². The molecule has 3 nitrogen and oxygen atoms in total. The molecule has 1 atom stereocenters. The maximum Gasteiger partial charge on any atom is 0.399 e. The highest BCUT2D eigenvalue weighted by atomic mass is 32.1. The van der Waals surface area contributed by atoms with Crippen LogP contribution in [0.25, 0.3) is 0 Å². The summed E-state index contributed by atoms with van der Waals surface area (Å²) in [6, 6.07) is 3.50. The topological polar surface area (TPSA) is 42.2 Å². The van der Waals surface area contributed by atoms with Crippen LogP contribution in [0, 0.1) is 5.92 Å². The van der Waals surface area contributed by atoms with Crippen LogP contribution < -0.4 is 5.73 Å². The lowest BCUT2D eigenvalue weighted by molar-refractivity contribution is -0.158. The Morgan fingerprint density at radius 3 is 2.44 bits per heavy atom. The number of aromatic nitrogens is 1. The maximum atomic E-state index is 12.7. The Labute approximate surface area is 109 Å². The smallest absolute Gasteiger partial charge is 0.393 e. The minimum Gasteiger partial charge on any atom is -0.393 e. The van der Waals surface area contributed by atoms with Gasteiger partial charge in [0.2, 0.25) is 0 Å². The van der Waals surface area contributed by atoms with Crippen molar-refractivity contribution < 1.29 is 13.2 Å². The number of hydrogen-bond donors (Lipinski definition) is 1. The molecule has 100 valence electrons. The van der Waals surface area contributed by atoms with Gasteiger partial charge in [-0.15, -0.1) is 0 Å². The molecule has 0 aliphatic rings. The molecule has 7 heteroatoms. The highest BCUT2D eigenvalue weighted by Gasteiger charge is 2.42. The first-order valence-corrected chi connectivity index (χ1v) is 5.65. The maximum absolute atomic E-state index is 12.7. The van der Waals surface area contributed by atoms with Gasteiger partial charge >= 0.3 is 6.18 Å². The third-order valence-corrected chi connectivity index (χ3v) is 2.72. The number of nitrogens with zero attached hydrogens (tertiary/aromatic N) is 2. The van der Waals surface area contributed by atoms with Crippen molar-refractivity contribution in [2.24, 2.45) is 11.7 Å². The summed E-state index contributed by atoms with van der Waals surface area (Å²) in [4.78, 5) is 4.85. The van der Waals surface area contributed by atoms with Crippen molar-refractivity contribution in [1.82, 2.24) is 9.88 Å². The first kappa shape index (κ1) is 14.8. The van der Waals surface area contributed by atoms with Gasteiger partial charge in [0.05, 0.1) is 4.99 Å². The minimum atomic E-state index is -4.40. The molecule has 2 N–H and O–H groups in total. The largest absolute Gasteiger partial charge is 0.399 e. The second-order valence-electron chi connectivity index (χ2n) is 4.05. The van der Waals surface area contributed by atoms with E-state index in [2.05, 4.69) is 17.2 Å². The highest BCUT2D eigenvalue weighted by Crippen LogP contribution is 2.27. The summed E-state index contributed by atoms with van der Waals surface area (Å²) in [5, 5.41) is 0. The fraction of sp³-hybridized carbons (Fsp3) is 0.455. The van der Waals surface area contributed by atoms with E-state index in [-0.39, 0.29) is 6.54 Å². The van der Waals surface area contributed by atoms with E-state index in [1.165, 1.54) is 4.90 Å². The standard InChI is InChI=1S/C11H14F3N3S/c1-17(6-8-2-4-16-5-3-8)7-9(10(15)18)11(12,13)14/h2-5,9H,6-7H2,1H3,(H2,15,18). The number of alkyl halides is 3. The Bertz CT molecular complexity index is 394. The van der Waals surface area contributed by atoms with Gasteiger partial charge in [0.25, 0.3) is 0 Å². The number of thiocarbonyl (C=S) groups is 1. The lowest BCUT2D eigenvalue weighted by Crippen LogP contribution is -2.42. The molecule has 1 aromatic rings. The molecule has 1 rings (SSSR count). The summed E-state index contributed by atoms with van der Waals surface area (Å²) in [5.74, 6) is -1.78. The molecule has 0 bridgehead atoms. The fourth-order valence-electron chi connectivity index (χ4n) is 1.53. The van der Waals surface area contributed by atoms with Crippen molar-refractivity contribution in [3.63, 3.8) is 0 Å². The summed E-state index contributed by atoms with van der Waals surface area (Å²) in [7, 11) is 1.59. The molecular weight excluding hydrogens is 263 g/mol. The van der Waals surface area contributed by atoms with Gasteiger partial charge in [-0.05, 0) is 24.7 Å². The zero-order chi connectivity index (χ0) is 13.8. The van der Waals surface area contributed by atoms with Crippen LogP contribution in [0.1, 0.15) is 5.56 Å². The van der Waals surface area contributed by atoms with Gasteiger partial charge in [0.15, 0.2) is 0 Å². The Morgan fingerprint density at radius 1 is 1.44 bits per heavy atom. The van der Waals surface area contributed by atoms with Crippen LogP contribution in [-0.2, 0) is 6.54 Å². The number of rotatable bonds is 5. The van der Waals surface area contributed by atoms with Gasteiger partial charge in [-0.3, -0.25) is 4.98 Å². The molecule has 0 aliphatic carbocycles. The molecule has 0 spiro atoms. The van der Waals surface area contributed by atoms with Crippen LogP contribution in [0.5, 0.6) is 0 Å². The molecule has 1 heterocycles. The van der Waals surface area contributed by atoms with Crippen LogP contribution in [-0.4, -0.2) is 34.6 Å². The van der Waals surface area contributed by atoms with E-state index in [0.29, 0.717) is 6.54 Å². The molecule has 18 heavy (non-hydrogen) atoms. The van der Waals surface area contributed by atoms with E-state index in [1.54, 1.807) is 31.6 Å². The quantitative estimate of drug-likeness (QED) is 0.836. The van der Waals surface area contributed by atoms with Crippen LogP contribution in [0.3, 0.4) is 0 Å². The third-order valence-electron chi connectivity index (χ3n) is 2.43. The number of hydrogen-bond acceptors (Lipinski definition) is 3. The molecular formula is C11H14F3N3S. The average molecular weight is 277 g/mol. The van der Waals surface area contributed by atoms with Crippen LogP contribution in [0.4, 0.5) is 13.2 Å². The SMILES string of the molecule is CN(Cc1ccncc1)CC(C(N)=S)C(F)(F)F. The predicted molar refractivity (Wildman–Crippen MR) is 66.9 cm³/mol. The van der Waals surface area contributed by atoms with Crippen LogP contribution in [0.2, 0.25) is 0 Å². The lowest BCUT2D eigenvalue weighted by atomic mass is 10.1. The zero-order valence-electron chi connectivity index (χ0n) is 9.81. The van der Waals surface area contributed by atoms with E-state index in [9.17, 15) is 13.2 Å². The molecule has 0 radical (unpaired) electrons. The molecule has 0 saturated heterocycles. The molecule has 0 aliphatic heterocycles. The molecule has 0 amide bonds. The summed E-state index contributed by atoms with van der Waals surface area (Å²) in [6.45, 7) is 0.138. The van der Waals surface area contributed by atoms with Crippen LogP contribution in [0.15, 0.2) is 24.5 Å². The number of nitrogens with two attached hydrogens (primary N) is 1. The van der Waals surface area contributed by atoms with Crippen molar-refractivity contribution in [1.29, 1.82) is 0 Å². The Kier molecular flexibility index (Phi) is 5.03. The van der Waals surface area contributed by atoms with Crippen LogP contribution >= 0.6 is 12.2 Å². The van der Waals surface area contributed by atoms with Gasteiger partial charge in [0.1, 0.15) is 5.92 Å². The van der Waals surface area contributed by atoms with E-state index >= 15 is 0 Å². The van der Waals surface area contributed by atoms with Gasteiger partial charge in [-0.25, -0.2) is 0 Å². The number of pyridine rings is 1. The van der Waals surface area contributed by atoms with Crippen molar-refractivity contribution >= 4 is 17.2 Å². The molecule has 0 aromatic carbocycles. The van der Waals surface area contributed by atoms with Gasteiger partial charge in [0, 0.05) is 25.5 Å². The van der Waals surface area contributed by atoms with E-state index in [0.717, 1.165) is 5.56 Å². The van der Waals surface area contributed by atoms with Gasteiger partial charge < -0.3 is 10.6 Å². The normalized spacial score (nSPS) is 13.6. The Balaban J connectivity index is 2.63. The molecule has 1 aromatic heterocycles. The second kappa shape index (κ2) is 6.10. The monoisotopic (exact) mass is 277 g/mol. The fourth-order valence-corrected chi connectivity index (χ4v) is 1.74. The van der Waals surface area contributed by atoms with Crippen molar-refractivity contribution in [2.75, 3.05) is 13.6 Å². The zero-order valence-corrected chi connectivity index (χ0v) is 10.6. The third kappa shape index (κ3) is 4.58. The van der Waals surface area contributed by atoms with Gasteiger partial charge in [-0.1, -0.05) is 12.2 Å². The Hall–Kier alpha value is -1.21. The average Bonchev–Trinajstić information content (AvgIpc) is 2.25. The summed E-state index contributed by atoms with van der Waals surface area (Å²) < 4.78 is 38.0. The van der Waals surface area contributed by atoms with Crippen molar-refractivity contribution in [2.45, 2.75) is 12.7 Å². The second-order valence-corrected chi connectivity index (χ2v) is 4.52. The first-order chi connectivity index (χ1) is 8.30. The minimum absolute atomic E-state index is 0.249. The summed E-state index contributed by atoms with van der Waals surface area (Å²) >= 11 is 4.47. The summed E-state index contributed by atoms with van der Waals surface area (Å²) in [6.07, 6.45) is -1.21. The molecule has 0 saturated carbocycles. The van der Waals surface area contributed by atoms with Crippen molar-refractivity contribution in [3.8, 4) is 0 Å². The molecule has 0 fully saturated rings. The van der Waals surface area contributed by atoms with E-state index < -0.39 is 17.1 Å². The number of halogens is 3. The predicted octanol–water partition coefficient (Wildman–Crippen LogP) is 1.98. The van der Waals surface area contributed by atoms with Gasteiger partial charge in [-0.2, -0.15) is 13.2 Å². The molecule has 1 unspecified atom stereocenters. The Morgan fingerprint density at radius 2 is 2.00 bits per heavy atom. The lowest BCUT2D eigenvalue weighted by Gasteiger charge is -2.25. The van der Waals surface area contributed by atoms with E-state index in [4.69, 9.17) is 5.73 Å². The first-order valence-electron chi connectivity index (χ1n) is 5.24. The highest BCUT2D eigenvalue weighted by molar-refractivity contribution is 7.80. The summed E-state index contributed by atoms with van der Waals surface area (Å²) in [5.41, 5.74) is 6.02. The van der Waals surface area contributed by atoms with Crippen molar-refractivity contribution in [3.05, 3.63) is 30.1 Å².